The SMILES string of the molecule is C.C.CC(C)Oc1nc(N2C[C@@H](C)O[C@@H](C)C2)ncc1C(=O)N[C@@H]1CCCC[C@H](O)CC1. The molecule has 0 spiro atoms. The van der Waals surface area contributed by atoms with Crippen molar-refractivity contribution in [2.75, 3.05) is 18.0 Å². The number of rotatable bonds is 5. The molecule has 1 aliphatic carbocycles. The summed E-state index contributed by atoms with van der Waals surface area (Å²) in [6.45, 7) is 9.28. The molecule has 0 bridgehead atoms. The average Bonchev–Trinajstić information content (AvgIpc) is 2.66. The van der Waals surface area contributed by atoms with Crippen LogP contribution >= 0.6 is 0 Å². The number of carbonyl (C=O) groups excluding carboxylic acids is 1. The molecule has 8 nitrogen and oxygen atoms in total. The number of nitrogens with one attached hydrogen (secondary N) is 1. The second-order valence-corrected chi connectivity index (χ2v) is 8.90. The maximum atomic E-state index is 13.0. The molecule has 184 valence electrons. The highest BCUT2D eigenvalue weighted by Crippen LogP contribution is 2.24. The normalized spacial score (nSPS) is 26.2. The van der Waals surface area contributed by atoms with E-state index in [-0.39, 0.29) is 51.2 Å². The smallest absolute Gasteiger partial charge is 0.258 e. The molecule has 2 fully saturated rings. The maximum absolute atomic E-state index is 13.0. The van der Waals surface area contributed by atoms with E-state index in [9.17, 15) is 9.90 Å². The van der Waals surface area contributed by atoms with E-state index in [4.69, 9.17) is 9.47 Å². The molecular weight excluding hydrogens is 408 g/mol. The van der Waals surface area contributed by atoms with E-state index in [2.05, 4.69) is 20.2 Å². The Morgan fingerprint density at radius 1 is 1.16 bits per heavy atom. The first-order valence-corrected chi connectivity index (χ1v) is 11.2. The van der Waals surface area contributed by atoms with Crippen LogP contribution in [0.3, 0.4) is 0 Å². The van der Waals surface area contributed by atoms with Crippen molar-refractivity contribution in [3.63, 3.8) is 0 Å². The fourth-order valence-electron chi connectivity index (χ4n) is 4.18. The number of ether oxygens (including phenoxy) is 2. The molecular formula is C24H44N4O4. The first-order valence-electron chi connectivity index (χ1n) is 11.2. The minimum atomic E-state index is -0.273. The van der Waals surface area contributed by atoms with E-state index in [0.717, 1.165) is 32.1 Å². The van der Waals surface area contributed by atoms with Crippen LogP contribution in [-0.2, 0) is 4.74 Å². The molecule has 2 N–H and O–H groups in total. The van der Waals surface area contributed by atoms with Gasteiger partial charge in [0.25, 0.3) is 5.91 Å². The van der Waals surface area contributed by atoms with Gasteiger partial charge >= 0.3 is 0 Å². The van der Waals surface area contributed by atoms with Gasteiger partial charge in [-0.1, -0.05) is 27.7 Å². The van der Waals surface area contributed by atoms with Crippen molar-refractivity contribution in [3.05, 3.63) is 11.8 Å². The molecule has 32 heavy (non-hydrogen) atoms. The average molecular weight is 453 g/mol. The molecule has 1 amide bonds. The van der Waals surface area contributed by atoms with Gasteiger partial charge in [0.15, 0.2) is 0 Å². The number of aromatic nitrogens is 2. The van der Waals surface area contributed by atoms with Gasteiger partial charge in [0, 0.05) is 25.3 Å². The number of nitrogens with zero attached hydrogens (tertiary/aromatic N) is 3. The number of aliphatic hydroxyl groups excluding tert-OH is 1. The Bertz CT molecular complexity index is 705. The lowest BCUT2D eigenvalue weighted by Crippen LogP contribution is -2.46. The summed E-state index contributed by atoms with van der Waals surface area (Å²) in [6, 6.07) is 0.0416. The lowest BCUT2D eigenvalue weighted by Gasteiger charge is -2.35. The van der Waals surface area contributed by atoms with Crippen LogP contribution in [0, 0.1) is 0 Å². The summed E-state index contributed by atoms with van der Waals surface area (Å²) in [6.07, 6.45) is 6.60. The highest BCUT2D eigenvalue weighted by molar-refractivity contribution is 5.96. The first kappa shape index (κ1) is 28.1. The fourth-order valence-corrected chi connectivity index (χ4v) is 4.18. The minimum absolute atomic E-state index is 0. The van der Waals surface area contributed by atoms with E-state index in [1.54, 1.807) is 6.20 Å². The second-order valence-electron chi connectivity index (χ2n) is 8.90. The van der Waals surface area contributed by atoms with Gasteiger partial charge in [-0.15, -0.1) is 0 Å². The van der Waals surface area contributed by atoms with Gasteiger partial charge in [0.1, 0.15) is 5.56 Å². The number of amides is 1. The Morgan fingerprint density at radius 2 is 1.81 bits per heavy atom. The Kier molecular flexibility index (Phi) is 11.4. The molecule has 1 saturated carbocycles. The van der Waals surface area contributed by atoms with Gasteiger partial charge in [0.2, 0.25) is 11.8 Å². The van der Waals surface area contributed by atoms with Crippen molar-refractivity contribution in [1.82, 2.24) is 15.3 Å². The van der Waals surface area contributed by atoms with Gasteiger partial charge in [-0.05, 0) is 53.4 Å². The molecule has 8 heteroatoms. The van der Waals surface area contributed by atoms with Crippen LogP contribution in [-0.4, -0.2) is 64.5 Å². The van der Waals surface area contributed by atoms with Crippen LogP contribution in [0.15, 0.2) is 6.20 Å². The van der Waals surface area contributed by atoms with E-state index < -0.39 is 0 Å². The fraction of sp³-hybridized carbons (Fsp3) is 0.792. The Morgan fingerprint density at radius 3 is 2.47 bits per heavy atom. The van der Waals surface area contributed by atoms with Crippen molar-refractivity contribution in [3.8, 4) is 5.88 Å². The van der Waals surface area contributed by atoms with E-state index >= 15 is 0 Å². The summed E-state index contributed by atoms with van der Waals surface area (Å²) in [7, 11) is 0. The van der Waals surface area contributed by atoms with Crippen molar-refractivity contribution in [2.45, 2.75) is 112 Å². The minimum Gasteiger partial charge on any atom is -0.474 e. The second kappa shape index (κ2) is 12.9. The molecule has 2 heterocycles. The Labute approximate surface area is 194 Å². The zero-order valence-electron chi connectivity index (χ0n) is 18.6. The third kappa shape index (κ3) is 7.89. The molecule has 1 aromatic rings. The predicted molar refractivity (Wildman–Crippen MR) is 128 cm³/mol. The van der Waals surface area contributed by atoms with Crippen molar-refractivity contribution < 1.29 is 19.4 Å². The molecule has 2 aliphatic rings. The molecule has 1 aliphatic heterocycles. The molecule has 1 aromatic heterocycles. The molecule has 1 saturated heterocycles. The van der Waals surface area contributed by atoms with Gasteiger partial charge in [-0.2, -0.15) is 4.98 Å². The summed E-state index contributed by atoms with van der Waals surface area (Å²) in [4.78, 5) is 24.2. The topological polar surface area (TPSA) is 96.8 Å². The third-order valence-electron chi connectivity index (χ3n) is 5.56. The van der Waals surface area contributed by atoms with Gasteiger partial charge in [0.05, 0.1) is 24.4 Å². The summed E-state index contributed by atoms with van der Waals surface area (Å²) in [5.74, 6) is 0.643. The number of carbonyl (C=O) groups is 1. The summed E-state index contributed by atoms with van der Waals surface area (Å²) >= 11 is 0. The lowest BCUT2D eigenvalue weighted by molar-refractivity contribution is -0.00578. The number of aliphatic hydroxyl groups is 1. The highest BCUT2D eigenvalue weighted by atomic mass is 16.5. The molecule has 0 aromatic carbocycles. The maximum Gasteiger partial charge on any atom is 0.258 e. The van der Waals surface area contributed by atoms with Gasteiger partial charge < -0.3 is 24.8 Å². The van der Waals surface area contributed by atoms with Crippen LogP contribution in [0.2, 0.25) is 0 Å². The molecule has 4 atom stereocenters. The van der Waals surface area contributed by atoms with Crippen LogP contribution in [0.1, 0.15) is 91.4 Å². The van der Waals surface area contributed by atoms with Crippen LogP contribution in [0.25, 0.3) is 0 Å². The number of hydrogen-bond acceptors (Lipinski definition) is 7. The van der Waals surface area contributed by atoms with Gasteiger partial charge in [-0.3, -0.25) is 4.79 Å². The van der Waals surface area contributed by atoms with Crippen molar-refractivity contribution in [2.24, 2.45) is 0 Å². The third-order valence-corrected chi connectivity index (χ3v) is 5.56. The summed E-state index contributed by atoms with van der Waals surface area (Å²) in [5.41, 5.74) is 0.351. The van der Waals surface area contributed by atoms with Crippen molar-refractivity contribution >= 4 is 11.9 Å². The van der Waals surface area contributed by atoms with Gasteiger partial charge in [-0.25, -0.2) is 4.98 Å². The lowest BCUT2D eigenvalue weighted by atomic mass is 9.95. The Balaban J connectivity index is 0.00000256. The summed E-state index contributed by atoms with van der Waals surface area (Å²) in [5, 5.41) is 13.1. The molecule has 3 rings (SSSR count). The first-order chi connectivity index (χ1) is 14.3. The van der Waals surface area contributed by atoms with Crippen LogP contribution in [0.5, 0.6) is 5.88 Å². The van der Waals surface area contributed by atoms with Crippen molar-refractivity contribution in [1.29, 1.82) is 0 Å². The van der Waals surface area contributed by atoms with Crippen LogP contribution < -0.4 is 15.0 Å². The Hall–Kier alpha value is -1.93. The van der Waals surface area contributed by atoms with E-state index in [0.29, 0.717) is 36.9 Å². The monoisotopic (exact) mass is 452 g/mol. The van der Waals surface area contributed by atoms with E-state index in [1.807, 2.05) is 27.7 Å². The predicted octanol–water partition coefficient (Wildman–Crippen LogP) is 3.96. The molecule has 0 unspecified atom stereocenters. The zero-order valence-corrected chi connectivity index (χ0v) is 18.6. The quantitative estimate of drug-likeness (QED) is 0.698. The zero-order chi connectivity index (χ0) is 21.7. The molecule has 0 radical (unpaired) electrons. The largest absolute Gasteiger partial charge is 0.474 e. The standard InChI is InChI=1S/C22H36N4O4.2CH4/c1-14(2)29-21-19(20(28)24-17-7-5-6-8-18(27)10-9-17)11-23-22(25-21)26-12-15(3)30-16(4)13-26;;/h11,14-18,27H,5-10,12-13H2,1-4H3,(H,24,28);2*1H4/t15-,16+,17-,18+;;/m1../s1. The summed E-state index contributed by atoms with van der Waals surface area (Å²) < 4.78 is 11.7. The van der Waals surface area contributed by atoms with Crippen LogP contribution in [0.4, 0.5) is 5.95 Å². The highest BCUT2D eigenvalue weighted by Gasteiger charge is 2.27. The number of morpholine rings is 1. The number of hydrogen-bond donors (Lipinski definition) is 2. The van der Waals surface area contributed by atoms with E-state index in [1.165, 1.54) is 0 Å². The number of anilines is 1.